The largest absolute Gasteiger partial charge is 0.465 e. The van der Waals surface area contributed by atoms with E-state index in [0.717, 1.165) is 25.7 Å². The zero-order valence-electron chi connectivity index (χ0n) is 14.7. The number of thiocarbonyl (C=S) groups is 1. The molecule has 1 aliphatic heterocycles. The summed E-state index contributed by atoms with van der Waals surface area (Å²) in [7, 11) is 0. The first-order chi connectivity index (χ1) is 12.1. The summed E-state index contributed by atoms with van der Waals surface area (Å²) >= 11 is 5.41. The molecule has 25 heavy (non-hydrogen) atoms. The molecule has 0 N–H and O–H groups in total. The minimum Gasteiger partial charge on any atom is -0.465 e. The number of allylic oxidation sites excluding steroid dienone is 2. The highest BCUT2D eigenvalue weighted by Crippen LogP contribution is 2.19. The molecule has 2 rings (SSSR count). The van der Waals surface area contributed by atoms with E-state index in [2.05, 4.69) is 13.8 Å². The Kier molecular flexibility index (Phi) is 7.13. The van der Waals surface area contributed by atoms with E-state index in [-0.39, 0.29) is 17.4 Å². The van der Waals surface area contributed by atoms with Crippen LogP contribution in [0.5, 0.6) is 0 Å². The number of carbonyl (C=O) groups is 2. The molecule has 134 valence electrons. The second kappa shape index (κ2) is 9.32. The fraction of sp³-hybridized carbons (Fsp3) is 0.421. The first-order valence-electron chi connectivity index (χ1n) is 8.69. The molecule has 2 heterocycles. The van der Waals surface area contributed by atoms with Gasteiger partial charge >= 0.3 is 0 Å². The van der Waals surface area contributed by atoms with E-state index in [1.54, 1.807) is 46.4 Å². The van der Waals surface area contributed by atoms with Gasteiger partial charge in [-0.05, 0) is 49.3 Å². The van der Waals surface area contributed by atoms with Gasteiger partial charge < -0.3 is 4.42 Å². The molecule has 0 aliphatic carbocycles. The van der Waals surface area contributed by atoms with Gasteiger partial charge in [-0.3, -0.25) is 19.4 Å². The van der Waals surface area contributed by atoms with Gasteiger partial charge in [0.1, 0.15) is 11.3 Å². The van der Waals surface area contributed by atoms with Crippen LogP contribution in [0.15, 0.2) is 40.5 Å². The molecule has 6 heteroatoms. The molecule has 0 spiro atoms. The minimum absolute atomic E-state index is 0.142. The van der Waals surface area contributed by atoms with E-state index in [4.69, 9.17) is 16.6 Å². The summed E-state index contributed by atoms with van der Waals surface area (Å²) in [5, 5.41) is 0.323. The number of hydrogen-bond acceptors (Lipinski definition) is 4. The maximum absolute atomic E-state index is 12.7. The van der Waals surface area contributed by atoms with Crippen molar-refractivity contribution in [1.82, 2.24) is 9.80 Å². The van der Waals surface area contributed by atoms with E-state index in [1.165, 1.54) is 0 Å². The zero-order chi connectivity index (χ0) is 18.2. The Morgan fingerprint density at radius 2 is 1.68 bits per heavy atom. The molecule has 1 fully saturated rings. The molecule has 0 radical (unpaired) electrons. The van der Waals surface area contributed by atoms with E-state index in [9.17, 15) is 9.59 Å². The number of amides is 2. The summed E-state index contributed by atoms with van der Waals surface area (Å²) in [6, 6.07) is 3.58. The number of carbonyl (C=O) groups excluding carboxylic acids is 2. The Morgan fingerprint density at radius 1 is 1.08 bits per heavy atom. The van der Waals surface area contributed by atoms with Crippen LogP contribution >= 0.6 is 12.2 Å². The summed E-state index contributed by atoms with van der Waals surface area (Å²) < 4.78 is 5.21. The van der Waals surface area contributed by atoms with Gasteiger partial charge in [0.2, 0.25) is 0 Å². The second-order valence-corrected chi connectivity index (χ2v) is 6.22. The van der Waals surface area contributed by atoms with Gasteiger partial charge in [-0.25, -0.2) is 0 Å². The Labute approximate surface area is 154 Å². The Hall–Kier alpha value is -2.21. The maximum atomic E-state index is 12.7. The van der Waals surface area contributed by atoms with Gasteiger partial charge in [0, 0.05) is 13.1 Å². The lowest BCUT2D eigenvalue weighted by Crippen LogP contribution is -2.56. The van der Waals surface area contributed by atoms with Crippen LogP contribution in [0, 0.1) is 0 Å². The average molecular weight is 360 g/mol. The standard InChI is InChI=1S/C19H24N2O3S/c1-3-5-12-20-17(22)16(11-7-9-15-10-8-14-24-15)18(23)21(19(20)25)13-6-4-2/h7-11,14H,3-6,12-13H2,1-2H3/b9-7-. The lowest BCUT2D eigenvalue weighted by Gasteiger charge is -2.36. The van der Waals surface area contributed by atoms with Crippen molar-refractivity contribution in [2.24, 2.45) is 0 Å². The second-order valence-electron chi connectivity index (χ2n) is 5.86. The number of rotatable bonds is 8. The summed E-state index contributed by atoms with van der Waals surface area (Å²) in [6.07, 6.45) is 10.1. The monoisotopic (exact) mass is 360 g/mol. The highest BCUT2D eigenvalue weighted by molar-refractivity contribution is 7.80. The molecule has 0 unspecified atom stereocenters. The van der Waals surface area contributed by atoms with Crippen LogP contribution in [0.2, 0.25) is 0 Å². The fourth-order valence-corrected chi connectivity index (χ4v) is 2.84. The van der Waals surface area contributed by atoms with Crippen molar-refractivity contribution in [3.63, 3.8) is 0 Å². The highest BCUT2D eigenvalue weighted by Gasteiger charge is 2.38. The maximum Gasteiger partial charge on any atom is 0.265 e. The van der Waals surface area contributed by atoms with E-state index < -0.39 is 0 Å². The number of hydrogen-bond donors (Lipinski definition) is 0. The van der Waals surface area contributed by atoms with Crippen molar-refractivity contribution in [1.29, 1.82) is 0 Å². The quantitative estimate of drug-likeness (QED) is 0.402. The van der Waals surface area contributed by atoms with Gasteiger partial charge in [-0.2, -0.15) is 0 Å². The molecule has 2 amide bonds. The smallest absolute Gasteiger partial charge is 0.265 e. The molecule has 1 aromatic heterocycles. The Balaban J connectivity index is 2.26. The van der Waals surface area contributed by atoms with Crippen molar-refractivity contribution >= 4 is 35.2 Å². The SMILES string of the molecule is CCCCN1C(=O)C(=C/C=C\c2ccco2)C(=O)N(CCCC)C1=S. The molecule has 0 saturated carbocycles. The molecule has 0 aromatic carbocycles. The van der Waals surface area contributed by atoms with Crippen LogP contribution in [0.4, 0.5) is 0 Å². The molecule has 1 saturated heterocycles. The third-order valence-corrected chi connectivity index (χ3v) is 4.39. The van der Waals surface area contributed by atoms with Crippen LogP contribution in [-0.4, -0.2) is 39.8 Å². The minimum atomic E-state index is -0.319. The lowest BCUT2D eigenvalue weighted by atomic mass is 10.1. The van der Waals surface area contributed by atoms with Gasteiger partial charge in [0.05, 0.1) is 6.26 Å². The molecular weight excluding hydrogens is 336 g/mol. The first kappa shape index (κ1) is 19.1. The number of furan rings is 1. The van der Waals surface area contributed by atoms with Gasteiger partial charge in [-0.1, -0.05) is 32.8 Å². The summed E-state index contributed by atoms with van der Waals surface area (Å²) in [6.45, 7) is 5.17. The molecule has 0 atom stereocenters. The lowest BCUT2D eigenvalue weighted by molar-refractivity contribution is -0.133. The van der Waals surface area contributed by atoms with Crippen molar-refractivity contribution in [3.05, 3.63) is 41.9 Å². The Bertz CT molecular complexity index is 645. The predicted molar refractivity (Wildman–Crippen MR) is 102 cm³/mol. The molecule has 0 bridgehead atoms. The van der Waals surface area contributed by atoms with Crippen LogP contribution in [0.25, 0.3) is 6.08 Å². The molecule has 1 aliphatic rings. The highest BCUT2D eigenvalue weighted by atomic mass is 32.1. The van der Waals surface area contributed by atoms with Crippen molar-refractivity contribution in [2.45, 2.75) is 39.5 Å². The fourth-order valence-electron chi connectivity index (χ4n) is 2.50. The third-order valence-electron chi connectivity index (χ3n) is 3.95. The molecule has 5 nitrogen and oxygen atoms in total. The summed E-state index contributed by atoms with van der Waals surface area (Å²) in [5.41, 5.74) is 0.142. The first-order valence-corrected chi connectivity index (χ1v) is 9.10. The van der Waals surface area contributed by atoms with Crippen molar-refractivity contribution in [3.8, 4) is 0 Å². The number of nitrogens with zero attached hydrogens (tertiary/aromatic N) is 2. The van der Waals surface area contributed by atoms with E-state index in [1.807, 2.05) is 0 Å². The van der Waals surface area contributed by atoms with E-state index >= 15 is 0 Å². The summed E-state index contributed by atoms with van der Waals surface area (Å²) in [4.78, 5) is 28.5. The van der Waals surface area contributed by atoms with Crippen LogP contribution in [0.3, 0.4) is 0 Å². The molecule has 1 aromatic rings. The van der Waals surface area contributed by atoms with Gasteiger partial charge in [0.25, 0.3) is 11.8 Å². The Morgan fingerprint density at radius 3 is 2.16 bits per heavy atom. The number of unbranched alkanes of at least 4 members (excludes halogenated alkanes) is 2. The topological polar surface area (TPSA) is 53.8 Å². The summed E-state index contributed by atoms with van der Waals surface area (Å²) in [5.74, 6) is 0.0225. The normalized spacial score (nSPS) is 15.6. The van der Waals surface area contributed by atoms with Gasteiger partial charge in [-0.15, -0.1) is 0 Å². The average Bonchev–Trinajstić information content (AvgIpc) is 3.11. The van der Waals surface area contributed by atoms with Gasteiger partial charge in [0.15, 0.2) is 5.11 Å². The molecular formula is C19H24N2O3S. The van der Waals surface area contributed by atoms with Crippen LogP contribution in [-0.2, 0) is 9.59 Å². The predicted octanol–water partition coefficient (Wildman–Crippen LogP) is 3.78. The van der Waals surface area contributed by atoms with Crippen molar-refractivity contribution < 1.29 is 14.0 Å². The van der Waals surface area contributed by atoms with Crippen LogP contribution in [0.1, 0.15) is 45.3 Å². The van der Waals surface area contributed by atoms with Crippen LogP contribution < -0.4 is 0 Å². The van der Waals surface area contributed by atoms with E-state index in [0.29, 0.717) is 24.0 Å². The van der Waals surface area contributed by atoms with Crippen molar-refractivity contribution in [2.75, 3.05) is 13.1 Å². The third kappa shape index (κ3) is 4.66. The zero-order valence-corrected chi connectivity index (χ0v) is 15.6.